The molecule has 1 amide bonds. The minimum atomic E-state index is -0.303. The molecule has 0 spiro atoms. The Kier molecular flexibility index (Phi) is 4.96. The van der Waals surface area contributed by atoms with Crippen LogP contribution in [-0.4, -0.2) is 26.5 Å². The molecular weight excluding hydrogens is 343 g/mol. The molecular formula is C21H21FN4O. The predicted octanol–water partition coefficient (Wildman–Crippen LogP) is 4.00. The third kappa shape index (κ3) is 4.05. The minimum absolute atomic E-state index is 0.112. The zero-order valence-corrected chi connectivity index (χ0v) is 14.9. The molecule has 1 aliphatic carbocycles. The predicted molar refractivity (Wildman–Crippen MR) is 101 cm³/mol. The van der Waals surface area contributed by atoms with Crippen molar-refractivity contribution in [2.75, 3.05) is 0 Å². The van der Waals surface area contributed by atoms with Crippen LogP contribution >= 0.6 is 0 Å². The summed E-state index contributed by atoms with van der Waals surface area (Å²) in [6.07, 6.45) is 11.1. The standard InChI is InChI=1S/C21H21FN4O/c22-17-3-1-2-15(12-17)20-9-4-16(13-24-20)21(27)25-18-5-7-19(8-6-18)26-11-10-23-14-26/h1-4,9-14,18-19H,5-8H2,(H,25,27). The van der Waals surface area contributed by atoms with Crippen LogP contribution in [0.2, 0.25) is 0 Å². The third-order valence-electron chi connectivity index (χ3n) is 5.12. The molecule has 0 saturated heterocycles. The summed E-state index contributed by atoms with van der Waals surface area (Å²) >= 11 is 0. The number of halogens is 1. The van der Waals surface area contributed by atoms with E-state index in [4.69, 9.17) is 0 Å². The Labute approximate surface area is 157 Å². The second-order valence-electron chi connectivity index (χ2n) is 6.93. The number of hydrogen-bond acceptors (Lipinski definition) is 3. The maximum atomic E-state index is 13.3. The number of nitrogens with zero attached hydrogens (tertiary/aromatic N) is 3. The van der Waals surface area contributed by atoms with E-state index in [-0.39, 0.29) is 17.8 Å². The van der Waals surface area contributed by atoms with Crippen LogP contribution < -0.4 is 5.32 Å². The number of imidazole rings is 1. The second kappa shape index (κ2) is 7.70. The van der Waals surface area contributed by atoms with Gasteiger partial charge in [-0.25, -0.2) is 9.37 Å². The Morgan fingerprint density at radius 3 is 2.67 bits per heavy atom. The van der Waals surface area contributed by atoms with Crippen molar-refractivity contribution in [3.63, 3.8) is 0 Å². The Morgan fingerprint density at radius 2 is 2.00 bits per heavy atom. The molecule has 138 valence electrons. The monoisotopic (exact) mass is 364 g/mol. The number of hydrogen-bond donors (Lipinski definition) is 1. The quantitative estimate of drug-likeness (QED) is 0.761. The van der Waals surface area contributed by atoms with Crippen LogP contribution in [-0.2, 0) is 0 Å². The van der Waals surface area contributed by atoms with Gasteiger partial charge in [0.1, 0.15) is 5.82 Å². The lowest BCUT2D eigenvalue weighted by molar-refractivity contribution is 0.0922. The first kappa shape index (κ1) is 17.4. The Morgan fingerprint density at radius 1 is 1.15 bits per heavy atom. The van der Waals surface area contributed by atoms with Crippen molar-refractivity contribution in [3.05, 3.63) is 72.7 Å². The summed E-state index contributed by atoms with van der Waals surface area (Å²) in [5.41, 5.74) is 1.86. The summed E-state index contributed by atoms with van der Waals surface area (Å²) in [5, 5.41) is 3.11. The molecule has 4 rings (SSSR count). The van der Waals surface area contributed by atoms with Gasteiger partial charge in [-0.1, -0.05) is 12.1 Å². The van der Waals surface area contributed by atoms with E-state index in [1.165, 1.54) is 12.1 Å². The molecule has 6 heteroatoms. The molecule has 2 heterocycles. The number of carbonyl (C=O) groups excluding carboxylic acids is 1. The van der Waals surface area contributed by atoms with Crippen molar-refractivity contribution in [1.29, 1.82) is 0 Å². The van der Waals surface area contributed by atoms with Gasteiger partial charge in [0.25, 0.3) is 5.91 Å². The van der Waals surface area contributed by atoms with Gasteiger partial charge in [0, 0.05) is 36.2 Å². The smallest absolute Gasteiger partial charge is 0.253 e. The maximum Gasteiger partial charge on any atom is 0.253 e. The number of nitrogens with one attached hydrogen (secondary N) is 1. The molecule has 0 radical (unpaired) electrons. The lowest BCUT2D eigenvalue weighted by Gasteiger charge is -2.29. The van der Waals surface area contributed by atoms with E-state index in [0.717, 1.165) is 25.7 Å². The summed E-state index contributed by atoms with van der Waals surface area (Å²) in [6, 6.07) is 10.4. The van der Waals surface area contributed by atoms with Gasteiger partial charge >= 0.3 is 0 Å². The van der Waals surface area contributed by atoms with Gasteiger partial charge in [-0.05, 0) is 49.9 Å². The lowest BCUT2D eigenvalue weighted by atomic mass is 9.91. The molecule has 1 N–H and O–H groups in total. The Balaban J connectivity index is 1.35. The average molecular weight is 364 g/mol. The van der Waals surface area contributed by atoms with Crippen molar-refractivity contribution in [3.8, 4) is 11.3 Å². The van der Waals surface area contributed by atoms with Gasteiger partial charge in [0.2, 0.25) is 0 Å². The normalized spacial score (nSPS) is 19.6. The van der Waals surface area contributed by atoms with Gasteiger partial charge in [0.05, 0.1) is 17.6 Å². The average Bonchev–Trinajstić information content (AvgIpc) is 3.23. The van der Waals surface area contributed by atoms with Crippen molar-refractivity contribution in [1.82, 2.24) is 19.9 Å². The lowest BCUT2D eigenvalue weighted by Crippen LogP contribution is -2.37. The first-order valence-electron chi connectivity index (χ1n) is 9.19. The molecule has 2 aromatic heterocycles. The van der Waals surface area contributed by atoms with E-state index in [1.807, 2.05) is 12.5 Å². The largest absolute Gasteiger partial charge is 0.349 e. The third-order valence-corrected chi connectivity index (χ3v) is 5.12. The van der Waals surface area contributed by atoms with Crippen molar-refractivity contribution < 1.29 is 9.18 Å². The van der Waals surface area contributed by atoms with Crippen LogP contribution in [0, 0.1) is 5.82 Å². The van der Waals surface area contributed by atoms with Crippen LogP contribution in [0.3, 0.4) is 0 Å². The van der Waals surface area contributed by atoms with Crippen LogP contribution in [0.5, 0.6) is 0 Å². The summed E-state index contributed by atoms with van der Waals surface area (Å²) in [7, 11) is 0. The molecule has 1 aromatic carbocycles. The summed E-state index contributed by atoms with van der Waals surface area (Å²) in [5.74, 6) is -0.415. The topological polar surface area (TPSA) is 59.8 Å². The molecule has 1 saturated carbocycles. The first-order valence-corrected chi connectivity index (χ1v) is 9.19. The molecule has 27 heavy (non-hydrogen) atoms. The number of carbonyl (C=O) groups is 1. The SMILES string of the molecule is O=C(NC1CCC(n2ccnc2)CC1)c1ccc(-c2cccc(F)c2)nc1. The van der Waals surface area contributed by atoms with Crippen molar-refractivity contribution in [2.24, 2.45) is 0 Å². The van der Waals surface area contributed by atoms with E-state index < -0.39 is 0 Å². The van der Waals surface area contributed by atoms with Gasteiger partial charge < -0.3 is 9.88 Å². The van der Waals surface area contributed by atoms with Crippen molar-refractivity contribution in [2.45, 2.75) is 37.8 Å². The molecule has 1 aliphatic rings. The van der Waals surface area contributed by atoms with Crippen LogP contribution in [0.25, 0.3) is 11.3 Å². The molecule has 0 atom stereocenters. The zero-order valence-electron chi connectivity index (χ0n) is 14.9. The fourth-order valence-electron chi connectivity index (χ4n) is 3.62. The first-order chi connectivity index (χ1) is 13.2. The summed E-state index contributed by atoms with van der Waals surface area (Å²) < 4.78 is 15.5. The number of pyridine rings is 1. The Bertz CT molecular complexity index is 900. The molecule has 5 nitrogen and oxygen atoms in total. The molecule has 0 bridgehead atoms. The van der Waals surface area contributed by atoms with Gasteiger partial charge in [-0.2, -0.15) is 0 Å². The highest BCUT2D eigenvalue weighted by atomic mass is 19.1. The fraction of sp³-hybridized carbons (Fsp3) is 0.286. The van der Waals surface area contributed by atoms with E-state index in [0.29, 0.717) is 22.9 Å². The maximum absolute atomic E-state index is 13.3. The zero-order chi connectivity index (χ0) is 18.6. The summed E-state index contributed by atoms with van der Waals surface area (Å²) in [4.78, 5) is 20.9. The van der Waals surface area contributed by atoms with E-state index in [2.05, 4.69) is 19.9 Å². The highest BCUT2D eigenvalue weighted by Gasteiger charge is 2.23. The Hall–Kier alpha value is -3.02. The summed E-state index contributed by atoms with van der Waals surface area (Å²) in [6.45, 7) is 0. The number of amides is 1. The highest BCUT2D eigenvalue weighted by Crippen LogP contribution is 2.28. The van der Waals surface area contributed by atoms with Gasteiger partial charge in [-0.3, -0.25) is 9.78 Å². The van der Waals surface area contributed by atoms with Crippen molar-refractivity contribution >= 4 is 5.91 Å². The molecule has 1 fully saturated rings. The second-order valence-corrected chi connectivity index (χ2v) is 6.93. The van der Waals surface area contributed by atoms with E-state index in [9.17, 15) is 9.18 Å². The number of benzene rings is 1. The highest BCUT2D eigenvalue weighted by molar-refractivity contribution is 5.94. The van der Waals surface area contributed by atoms with Crippen LogP contribution in [0.15, 0.2) is 61.3 Å². The number of aromatic nitrogens is 3. The molecule has 3 aromatic rings. The van der Waals surface area contributed by atoms with Gasteiger partial charge in [-0.15, -0.1) is 0 Å². The van der Waals surface area contributed by atoms with Crippen LogP contribution in [0.4, 0.5) is 4.39 Å². The molecule has 0 unspecified atom stereocenters. The molecule has 0 aliphatic heterocycles. The minimum Gasteiger partial charge on any atom is -0.349 e. The van der Waals surface area contributed by atoms with Gasteiger partial charge in [0.15, 0.2) is 0 Å². The number of rotatable bonds is 4. The van der Waals surface area contributed by atoms with E-state index >= 15 is 0 Å². The fourth-order valence-corrected chi connectivity index (χ4v) is 3.62. The van der Waals surface area contributed by atoms with Crippen LogP contribution in [0.1, 0.15) is 42.1 Å². The van der Waals surface area contributed by atoms with E-state index in [1.54, 1.807) is 36.7 Å².